The fraction of sp³-hybridized carbons (Fsp3) is 0.429. The third-order valence-corrected chi connectivity index (χ3v) is 4.59. The summed E-state index contributed by atoms with van der Waals surface area (Å²) < 4.78 is 5.62. The number of halogens is 1. The molecule has 6 heteroatoms. The predicted molar refractivity (Wildman–Crippen MR) is 111 cm³/mol. The second kappa shape index (κ2) is 7.39. The first-order valence-electron chi connectivity index (χ1n) is 9.13. The Morgan fingerprint density at radius 1 is 1.26 bits per heavy atom. The van der Waals surface area contributed by atoms with Crippen molar-refractivity contribution in [2.24, 2.45) is 0 Å². The molecule has 1 aromatic carbocycles. The van der Waals surface area contributed by atoms with Crippen LogP contribution >= 0.6 is 11.6 Å². The number of aromatic nitrogens is 1. The molecule has 1 aliphatic rings. The maximum absolute atomic E-state index is 12.8. The number of nitrogens with zero attached hydrogens (tertiary/aromatic N) is 3. The molecule has 0 bridgehead atoms. The zero-order chi connectivity index (χ0) is 19.8. The van der Waals surface area contributed by atoms with Gasteiger partial charge in [0.1, 0.15) is 10.8 Å². The van der Waals surface area contributed by atoms with Gasteiger partial charge < -0.3 is 9.64 Å². The van der Waals surface area contributed by atoms with Gasteiger partial charge in [0.2, 0.25) is 0 Å². The number of allylic oxidation sites excluding steroid dienone is 1. The average molecular weight is 388 g/mol. The van der Waals surface area contributed by atoms with Gasteiger partial charge in [-0.2, -0.15) is 0 Å². The van der Waals surface area contributed by atoms with Crippen molar-refractivity contribution in [1.82, 2.24) is 9.88 Å². The summed E-state index contributed by atoms with van der Waals surface area (Å²) in [5.41, 5.74) is 2.35. The first-order chi connectivity index (χ1) is 12.7. The molecular weight excluding hydrogens is 362 g/mol. The van der Waals surface area contributed by atoms with Crippen LogP contribution in [0.1, 0.15) is 39.2 Å². The van der Waals surface area contributed by atoms with Gasteiger partial charge in [0.25, 0.3) is 0 Å². The number of hydrogen-bond acceptors (Lipinski definition) is 4. The molecule has 1 aliphatic heterocycles. The Hall–Kier alpha value is -2.27. The second-order valence-corrected chi connectivity index (χ2v) is 8.37. The number of ether oxygens (including phenoxy) is 1. The molecule has 0 atom stereocenters. The molecule has 0 saturated heterocycles. The Kier molecular flexibility index (Phi) is 5.33. The van der Waals surface area contributed by atoms with Crippen LogP contribution in [0.15, 0.2) is 30.5 Å². The maximum atomic E-state index is 12.8. The van der Waals surface area contributed by atoms with Crippen molar-refractivity contribution >= 4 is 39.9 Å². The van der Waals surface area contributed by atoms with Gasteiger partial charge in [0.15, 0.2) is 0 Å². The highest BCUT2D eigenvalue weighted by Crippen LogP contribution is 2.34. The lowest BCUT2D eigenvalue weighted by Crippen LogP contribution is -2.37. The van der Waals surface area contributed by atoms with E-state index >= 15 is 0 Å². The van der Waals surface area contributed by atoms with E-state index < -0.39 is 5.60 Å². The summed E-state index contributed by atoms with van der Waals surface area (Å²) in [4.78, 5) is 20.7. The number of benzene rings is 1. The van der Waals surface area contributed by atoms with Crippen LogP contribution in [-0.4, -0.2) is 42.2 Å². The zero-order valence-corrected chi connectivity index (χ0v) is 17.3. The molecule has 0 spiro atoms. The van der Waals surface area contributed by atoms with Gasteiger partial charge in [-0.05, 0) is 57.2 Å². The van der Waals surface area contributed by atoms with Crippen molar-refractivity contribution in [3.8, 4) is 0 Å². The van der Waals surface area contributed by atoms with Crippen molar-refractivity contribution in [3.05, 3.63) is 41.2 Å². The summed E-state index contributed by atoms with van der Waals surface area (Å²) in [6.45, 7) is 6.29. The van der Waals surface area contributed by atoms with Crippen LogP contribution in [0.25, 0.3) is 16.5 Å². The molecule has 0 saturated carbocycles. The van der Waals surface area contributed by atoms with E-state index in [1.54, 1.807) is 11.1 Å². The van der Waals surface area contributed by atoms with E-state index in [2.05, 4.69) is 23.2 Å². The second-order valence-electron chi connectivity index (χ2n) is 7.98. The number of carbonyl (C=O) groups excluding carboxylic acids is 1. The quantitative estimate of drug-likeness (QED) is 0.653. The molecule has 1 aromatic heterocycles. The minimum atomic E-state index is -0.531. The van der Waals surface area contributed by atoms with E-state index in [0.29, 0.717) is 11.7 Å². The van der Waals surface area contributed by atoms with Crippen LogP contribution in [-0.2, 0) is 4.74 Å². The van der Waals surface area contributed by atoms with Crippen LogP contribution in [0.3, 0.4) is 0 Å². The molecule has 144 valence electrons. The first-order valence-corrected chi connectivity index (χ1v) is 9.51. The van der Waals surface area contributed by atoms with Gasteiger partial charge in [-0.1, -0.05) is 17.7 Å². The molecular formula is C21H26ClN3O2. The van der Waals surface area contributed by atoms with E-state index in [4.69, 9.17) is 16.3 Å². The number of fused-ring (bicyclic) bond motifs is 1. The Morgan fingerprint density at radius 3 is 2.67 bits per heavy atom. The van der Waals surface area contributed by atoms with Crippen LogP contribution in [0.4, 0.5) is 10.5 Å². The zero-order valence-electron chi connectivity index (χ0n) is 16.5. The monoisotopic (exact) mass is 387 g/mol. The number of anilines is 1. The maximum Gasteiger partial charge on any atom is 0.414 e. The van der Waals surface area contributed by atoms with Crippen LogP contribution in [0.5, 0.6) is 0 Å². The van der Waals surface area contributed by atoms with E-state index in [0.717, 1.165) is 40.6 Å². The summed E-state index contributed by atoms with van der Waals surface area (Å²) in [6.07, 6.45) is 5.44. The molecule has 1 amide bonds. The van der Waals surface area contributed by atoms with Crippen molar-refractivity contribution in [1.29, 1.82) is 0 Å². The smallest absolute Gasteiger partial charge is 0.414 e. The molecule has 3 rings (SSSR count). The Bertz CT molecular complexity index is 900. The van der Waals surface area contributed by atoms with Gasteiger partial charge in [-0.3, -0.25) is 4.90 Å². The lowest BCUT2D eigenvalue weighted by atomic mass is 10.0. The van der Waals surface area contributed by atoms with Crippen LogP contribution < -0.4 is 4.90 Å². The molecule has 0 aliphatic carbocycles. The fourth-order valence-electron chi connectivity index (χ4n) is 3.23. The van der Waals surface area contributed by atoms with Gasteiger partial charge >= 0.3 is 6.09 Å². The van der Waals surface area contributed by atoms with Crippen molar-refractivity contribution in [2.75, 3.05) is 25.5 Å². The number of rotatable bonds is 2. The SMILES string of the molecule is CN(C)c1cc(C2=CCCCN2C(=O)OC(C)(C)C)cc2cc(Cl)ncc12. The first kappa shape index (κ1) is 19.5. The Balaban J connectivity index is 2.09. The lowest BCUT2D eigenvalue weighted by molar-refractivity contribution is 0.0347. The molecule has 27 heavy (non-hydrogen) atoms. The van der Waals surface area contributed by atoms with Crippen LogP contribution in [0, 0.1) is 0 Å². The predicted octanol–water partition coefficient (Wildman–Crippen LogP) is 5.33. The third kappa shape index (κ3) is 4.35. The number of amides is 1. The minimum Gasteiger partial charge on any atom is -0.443 e. The fourth-order valence-corrected chi connectivity index (χ4v) is 3.40. The number of carbonyl (C=O) groups is 1. The molecule has 2 aromatic rings. The van der Waals surface area contributed by atoms with Gasteiger partial charge in [-0.15, -0.1) is 0 Å². The van der Waals surface area contributed by atoms with E-state index in [1.807, 2.05) is 45.8 Å². The highest BCUT2D eigenvalue weighted by atomic mass is 35.5. The molecule has 0 fully saturated rings. The summed E-state index contributed by atoms with van der Waals surface area (Å²) in [6, 6.07) is 6.01. The highest BCUT2D eigenvalue weighted by Gasteiger charge is 2.27. The van der Waals surface area contributed by atoms with Gasteiger partial charge in [0.05, 0.1) is 5.70 Å². The summed E-state index contributed by atoms with van der Waals surface area (Å²) in [5, 5.41) is 2.46. The molecule has 2 heterocycles. The number of hydrogen-bond donors (Lipinski definition) is 0. The Morgan fingerprint density at radius 2 is 2.00 bits per heavy atom. The minimum absolute atomic E-state index is 0.312. The third-order valence-electron chi connectivity index (χ3n) is 4.39. The topological polar surface area (TPSA) is 45.7 Å². The molecule has 0 radical (unpaired) electrons. The standard InChI is InChI=1S/C21H26ClN3O2/c1-21(2,3)27-20(26)25-9-7-6-8-17(25)15-10-14-12-19(22)23-13-16(14)18(11-15)24(4)5/h8,10-13H,6-7,9H2,1-5H3. The normalized spacial score (nSPS) is 14.9. The summed E-state index contributed by atoms with van der Waals surface area (Å²) in [5.74, 6) is 0. The van der Waals surface area contributed by atoms with Gasteiger partial charge in [-0.25, -0.2) is 9.78 Å². The van der Waals surface area contributed by atoms with Crippen molar-refractivity contribution in [2.45, 2.75) is 39.2 Å². The summed E-state index contributed by atoms with van der Waals surface area (Å²) in [7, 11) is 3.99. The molecule has 0 unspecified atom stereocenters. The molecule has 0 N–H and O–H groups in total. The lowest BCUT2D eigenvalue weighted by Gasteiger charge is -2.32. The molecule has 5 nitrogen and oxygen atoms in total. The summed E-state index contributed by atoms with van der Waals surface area (Å²) >= 11 is 6.12. The van der Waals surface area contributed by atoms with Crippen molar-refractivity contribution in [3.63, 3.8) is 0 Å². The van der Waals surface area contributed by atoms with E-state index in [9.17, 15) is 4.79 Å². The highest BCUT2D eigenvalue weighted by molar-refractivity contribution is 6.30. The Labute approximate surface area is 165 Å². The van der Waals surface area contributed by atoms with E-state index in [1.165, 1.54) is 0 Å². The average Bonchev–Trinajstić information content (AvgIpc) is 2.58. The van der Waals surface area contributed by atoms with Crippen LogP contribution in [0.2, 0.25) is 5.15 Å². The van der Waals surface area contributed by atoms with E-state index in [-0.39, 0.29) is 6.09 Å². The van der Waals surface area contributed by atoms with Crippen molar-refractivity contribution < 1.29 is 9.53 Å². The largest absolute Gasteiger partial charge is 0.443 e. The van der Waals surface area contributed by atoms with Gasteiger partial charge in [0, 0.05) is 43.5 Å². The number of pyridine rings is 1.